The van der Waals surface area contributed by atoms with E-state index >= 15 is 0 Å². The van der Waals surface area contributed by atoms with Gasteiger partial charge in [0, 0.05) is 18.5 Å². The first kappa shape index (κ1) is 13.9. The Morgan fingerprint density at radius 3 is 2.40 bits per heavy atom. The Balaban J connectivity index is 1.73. The van der Waals surface area contributed by atoms with Crippen molar-refractivity contribution in [2.45, 2.75) is 58.9 Å². The molecule has 4 heteroatoms. The first-order valence-electron chi connectivity index (χ1n) is 7.98. The van der Waals surface area contributed by atoms with Crippen LogP contribution in [0.25, 0.3) is 0 Å². The summed E-state index contributed by atoms with van der Waals surface area (Å²) in [5.41, 5.74) is -0.249. The normalized spacial score (nSPS) is 39.1. The number of nitrogens with one attached hydrogen (secondary N) is 1. The van der Waals surface area contributed by atoms with Gasteiger partial charge >= 0.3 is 6.03 Å². The molecule has 1 N–H and O–H groups in total. The number of rotatable bonds is 1. The van der Waals surface area contributed by atoms with Gasteiger partial charge in [-0.05, 0) is 43.4 Å². The second-order valence-electron chi connectivity index (χ2n) is 7.54. The Labute approximate surface area is 121 Å². The SMILES string of the molecule is CC12CCC(C(NC(=O)N3CCCCC3)C1=O)C2(C)C. The number of piperidine rings is 1. The number of nitrogens with zero attached hydrogens (tertiary/aromatic N) is 1. The van der Waals surface area contributed by atoms with Crippen LogP contribution < -0.4 is 5.32 Å². The second kappa shape index (κ2) is 4.47. The molecule has 0 aromatic rings. The number of carbonyl (C=O) groups excluding carboxylic acids is 2. The van der Waals surface area contributed by atoms with E-state index in [2.05, 4.69) is 26.1 Å². The Morgan fingerprint density at radius 2 is 1.85 bits per heavy atom. The molecule has 2 amide bonds. The van der Waals surface area contributed by atoms with Crippen LogP contribution in [-0.4, -0.2) is 35.8 Å². The Hall–Kier alpha value is -1.06. The molecule has 3 aliphatic rings. The van der Waals surface area contributed by atoms with Crippen LogP contribution in [0.2, 0.25) is 0 Å². The molecule has 1 saturated heterocycles. The standard InChI is InChI=1S/C16H26N2O2/c1-15(2)11-7-8-16(15,3)13(19)12(11)17-14(20)18-9-5-4-6-10-18/h11-12H,4-10H2,1-3H3,(H,17,20). The molecule has 2 aliphatic carbocycles. The van der Waals surface area contributed by atoms with Crippen LogP contribution in [0.1, 0.15) is 52.9 Å². The number of fused-ring (bicyclic) bond motifs is 2. The lowest BCUT2D eigenvalue weighted by Crippen LogP contribution is -2.52. The molecule has 4 nitrogen and oxygen atoms in total. The minimum Gasteiger partial charge on any atom is -0.328 e. The van der Waals surface area contributed by atoms with Crippen molar-refractivity contribution in [1.82, 2.24) is 10.2 Å². The van der Waals surface area contributed by atoms with Crippen LogP contribution in [0.15, 0.2) is 0 Å². The van der Waals surface area contributed by atoms with E-state index in [1.54, 1.807) is 0 Å². The van der Waals surface area contributed by atoms with Gasteiger partial charge in [-0.15, -0.1) is 0 Å². The Bertz CT molecular complexity index is 440. The molecule has 3 rings (SSSR count). The zero-order valence-corrected chi connectivity index (χ0v) is 12.9. The smallest absolute Gasteiger partial charge is 0.317 e. The number of ketones is 1. The highest BCUT2D eigenvalue weighted by atomic mass is 16.2. The monoisotopic (exact) mass is 278 g/mol. The van der Waals surface area contributed by atoms with Crippen LogP contribution in [0.4, 0.5) is 4.79 Å². The first-order chi connectivity index (χ1) is 9.38. The topological polar surface area (TPSA) is 49.4 Å². The van der Waals surface area contributed by atoms with Gasteiger partial charge in [0.25, 0.3) is 0 Å². The maximum Gasteiger partial charge on any atom is 0.317 e. The van der Waals surface area contributed by atoms with Gasteiger partial charge in [-0.3, -0.25) is 4.79 Å². The van der Waals surface area contributed by atoms with Gasteiger partial charge in [0.15, 0.2) is 5.78 Å². The summed E-state index contributed by atoms with van der Waals surface area (Å²) in [7, 11) is 0. The number of urea groups is 1. The third kappa shape index (κ3) is 1.73. The zero-order valence-electron chi connectivity index (χ0n) is 12.9. The second-order valence-corrected chi connectivity index (χ2v) is 7.54. The lowest BCUT2D eigenvalue weighted by molar-refractivity contribution is -0.129. The zero-order chi connectivity index (χ0) is 14.5. The number of hydrogen-bond donors (Lipinski definition) is 1. The van der Waals surface area contributed by atoms with Crippen molar-refractivity contribution in [2.75, 3.05) is 13.1 Å². The van der Waals surface area contributed by atoms with E-state index in [4.69, 9.17) is 0 Å². The molecule has 1 aliphatic heterocycles. The molecule has 0 aromatic heterocycles. The average molecular weight is 278 g/mol. The van der Waals surface area contributed by atoms with E-state index in [0.717, 1.165) is 38.8 Å². The van der Waals surface area contributed by atoms with E-state index in [-0.39, 0.29) is 28.7 Å². The summed E-state index contributed by atoms with van der Waals surface area (Å²) in [5.74, 6) is 0.554. The summed E-state index contributed by atoms with van der Waals surface area (Å²) in [6.07, 6.45) is 5.40. The molecule has 0 radical (unpaired) electrons. The van der Waals surface area contributed by atoms with Crippen molar-refractivity contribution in [3.05, 3.63) is 0 Å². The van der Waals surface area contributed by atoms with Crippen molar-refractivity contribution in [2.24, 2.45) is 16.7 Å². The minimum absolute atomic E-state index is 0.00390. The van der Waals surface area contributed by atoms with E-state index in [0.29, 0.717) is 5.92 Å². The maximum absolute atomic E-state index is 12.7. The van der Waals surface area contributed by atoms with Gasteiger partial charge in [-0.1, -0.05) is 20.8 Å². The first-order valence-corrected chi connectivity index (χ1v) is 7.98. The van der Waals surface area contributed by atoms with Crippen LogP contribution >= 0.6 is 0 Å². The summed E-state index contributed by atoms with van der Waals surface area (Å²) in [6.45, 7) is 8.13. The largest absolute Gasteiger partial charge is 0.328 e. The van der Waals surface area contributed by atoms with E-state index in [9.17, 15) is 9.59 Å². The van der Waals surface area contributed by atoms with Gasteiger partial charge in [-0.2, -0.15) is 0 Å². The van der Waals surface area contributed by atoms with Crippen molar-refractivity contribution in [3.63, 3.8) is 0 Å². The quantitative estimate of drug-likeness (QED) is 0.801. The fraction of sp³-hybridized carbons (Fsp3) is 0.875. The van der Waals surface area contributed by atoms with Gasteiger partial charge in [-0.25, -0.2) is 4.79 Å². The summed E-state index contributed by atoms with van der Waals surface area (Å²) in [6, 6.07) is -0.298. The minimum atomic E-state index is -0.266. The van der Waals surface area contributed by atoms with Gasteiger partial charge in [0.05, 0.1) is 6.04 Å². The molecular weight excluding hydrogens is 252 g/mol. The van der Waals surface area contributed by atoms with Gasteiger partial charge in [0.2, 0.25) is 0 Å². The summed E-state index contributed by atoms with van der Waals surface area (Å²) < 4.78 is 0. The maximum atomic E-state index is 12.7. The fourth-order valence-corrected chi connectivity index (χ4v) is 4.57. The summed E-state index contributed by atoms with van der Waals surface area (Å²) in [5, 5.41) is 3.05. The number of hydrogen-bond acceptors (Lipinski definition) is 2. The van der Waals surface area contributed by atoms with E-state index < -0.39 is 0 Å². The highest BCUT2D eigenvalue weighted by Gasteiger charge is 2.66. The van der Waals surface area contributed by atoms with Gasteiger partial charge in [0.1, 0.15) is 0 Å². The van der Waals surface area contributed by atoms with Gasteiger partial charge < -0.3 is 10.2 Å². The molecule has 112 valence electrons. The molecule has 3 unspecified atom stereocenters. The molecule has 2 saturated carbocycles. The third-order valence-corrected chi connectivity index (χ3v) is 6.46. The predicted molar refractivity (Wildman–Crippen MR) is 77.4 cm³/mol. The third-order valence-electron chi connectivity index (χ3n) is 6.46. The highest BCUT2D eigenvalue weighted by Crippen LogP contribution is 2.63. The predicted octanol–water partition coefficient (Wildman–Crippen LogP) is 2.58. The van der Waals surface area contributed by atoms with Crippen LogP contribution in [0.3, 0.4) is 0 Å². The Morgan fingerprint density at radius 1 is 1.20 bits per heavy atom. The molecular formula is C16H26N2O2. The number of amides is 2. The van der Waals surface area contributed by atoms with Crippen LogP contribution in [0.5, 0.6) is 0 Å². The van der Waals surface area contributed by atoms with E-state index in [1.807, 2.05) is 4.90 Å². The molecule has 0 spiro atoms. The highest BCUT2D eigenvalue weighted by molar-refractivity contribution is 5.97. The molecule has 2 bridgehead atoms. The summed E-state index contributed by atoms with van der Waals surface area (Å²) in [4.78, 5) is 26.9. The lowest BCUT2D eigenvalue weighted by Gasteiger charge is -2.32. The molecule has 1 heterocycles. The van der Waals surface area contributed by atoms with Crippen molar-refractivity contribution >= 4 is 11.8 Å². The number of carbonyl (C=O) groups is 2. The number of Topliss-reactive ketones (excluding diaryl/α,β-unsaturated/α-hetero) is 1. The fourth-order valence-electron chi connectivity index (χ4n) is 4.57. The van der Waals surface area contributed by atoms with Crippen molar-refractivity contribution < 1.29 is 9.59 Å². The van der Waals surface area contributed by atoms with Crippen molar-refractivity contribution in [3.8, 4) is 0 Å². The summed E-state index contributed by atoms with van der Waals surface area (Å²) >= 11 is 0. The molecule has 20 heavy (non-hydrogen) atoms. The van der Waals surface area contributed by atoms with E-state index in [1.165, 1.54) is 6.42 Å². The Kier molecular flexibility index (Phi) is 3.11. The van der Waals surface area contributed by atoms with Crippen LogP contribution in [0, 0.1) is 16.7 Å². The molecule has 0 aromatic carbocycles. The molecule has 3 atom stereocenters. The average Bonchev–Trinajstić information content (AvgIpc) is 2.74. The van der Waals surface area contributed by atoms with Crippen LogP contribution in [-0.2, 0) is 4.79 Å². The molecule has 3 fully saturated rings. The number of likely N-dealkylation sites (tertiary alicyclic amines) is 1. The van der Waals surface area contributed by atoms with Crippen molar-refractivity contribution in [1.29, 1.82) is 0 Å². The lowest BCUT2D eigenvalue weighted by atomic mass is 9.70.